The number of hydrogen-bond acceptors (Lipinski definition) is 6. The van der Waals surface area contributed by atoms with Gasteiger partial charge in [0.05, 0.1) is 12.0 Å². The third-order valence-electron chi connectivity index (χ3n) is 3.31. The van der Waals surface area contributed by atoms with Gasteiger partial charge in [-0.1, -0.05) is 30.0 Å². The summed E-state index contributed by atoms with van der Waals surface area (Å²) in [7, 11) is 0. The molecule has 1 amide bonds. The van der Waals surface area contributed by atoms with Crippen LogP contribution < -0.4 is 10.7 Å². The molecular formula is C17H21N7OS. The number of carbonyl (C=O) groups is 1. The Morgan fingerprint density at radius 2 is 2.15 bits per heavy atom. The topological polar surface area (TPSA) is 111 Å². The lowest BCUT2D eigenvalue weighted by Crippen LogP contribution is -2.41. The minimum Gasteiger partial charge on any atom is -0.361 e. The van der Waals surface area contributed by atoms with Gasteiger partial charge in [0, 0.05) is 28.2 Å². The van der Waals surface area contributed by atoms with Gasteiger partial charge in [0.15, 0.2) is 0 Å². The maximum absolute atomic E-state index is 11.8. The van der Waals surface area contributed by atoms with E-state index in [0.29, 0.717) is 11.1 Å². The molecule has 0 spiro atoms. The minimum atomic E-state index is -0.250. The zero-order chi connectivity index (χ0) is 18.6. The Morgan fingerprint density at radius 3 is 2.96 bits per heavy atom. The number of para-hydroxylation sites is 1. The van der Waals surface area contributed by atoms with E-state index >= 15 is 0 Å². The van der Waals surface area contributed by atoms with Gasteiger partial charge >= 0.3 is 0 Å². The van der Waals surface area contributed by atoms with Crippen molar-refractivity contribution < 1.29 is 4.79 Å². The molecule has 0 saturated carbocycles. The van der Waals surface area contributed by atoms with E-state index in [-0.39, 0.29) is 17.2 Å². The van der Waals surface area contributed by atoms with Gasteiger partial charge in [0.1, 0.15) is 0 Å². The number of aromatic nitrogens is 4. The molecule has 0 aliphatic carbocycles. The molecule has 136 valence electrons. The zero-order valence-corrected chi connectivity index (χ0v) is 15.6. The summed E-state index contributed by atoms with van der Waals surface area (Å²) in [5.41, 5.74) is 4.59. The van der Waals surface area contributed by atoms with Crippen LogP contribution in [0.2, 0.25) is 0 Å². The third-order valence-corrected chi connectivity index (χ3v) is 4.15. The first kappa shape index (κ1) is 18.0. The largest absolute Gasteiger partial charge is 0.361 e. The van der Waals surface area contributed by atoms with Crippen LogP contribution in [-0.2, 0) is 4.79 Å². The van der Waals surface area contributed by atoms with Gasteiger partial charge in [-0.15, -0.1) is 5.10 Å². The highest BCUT2D eigenvalue weighted by Gasteiger charge is 2.14. The van der Waals surface area contributed by atoms with E-state index in [1.54, 1.807) is 6.21 Å². The summed E-state index contributed by atoms with van der Waals surface area (Å²) < 4.78 is 0. The van der Waals surface area contributed by atoms with E-state index in [0.717, 1.165) is 16.5 Å². The predicted octanol–water partition coefficient (Wildman–Crippen LogP) is 2.74. The van der Waals surface area contributed by atoms with Crippen LogP contribution in [0.3, 0.4) is 0 Å². The summed E-state index contributed by atoms with van der Waals surface area (Å²) in [6, 6.07) is 8.00. The third kappa shape index (κ3) is 4.85. The Hall–Kier alpha value is -2.81. The molecule has 2 aromatic heterocycles. The number of nitrogens with one attached hydrogen (secondary N) is 4. The number of anilines is 1. The van der Waals surface area contributed by atoms with Gasteiger partial charge < -0.3 is 10.3 Å². The molecule has 3 aromatic rings. The van der Waals surface area contributed by atoms with Gasteiger partial charge in [0.2, 0.25) is 17.0 Å². The predicted molar refractivity (Wildman–Crippen MR) is 105 cm³/mol. The second kappa shape index (κ2) is 7.61. The summed E-state index contributed by atoms with van der Waals surface area (Å²) >= 11 is 1.26. The second-order valence-electron chi connectivity index (χ2n) is 6.71. The number of fused-ring (bicyclic) bond motifs is 1. The number of nitrogens with zero attached hydrogens (tertiary/aromatic N) is 3. The molecule has 3 rings (SSSR count). The number of thioether (sulfide) groups is 1. The number of benzene rings is 1. The van der Waals surface area contributed by atoms with Crippen LogP contribution in [-0.4, -0.2) is 43.6 Å². The van der Waals surface area contributed by atoms with Crippen molar-refractivity contribution in [3.05, 3.63) is 36.0 Å². The van der Waals surface area contributed by atoms with Crippen molar-refractivity contribution in [2.24, 2.45) is 5.10 Å². The Bertz CT molecular complexity index is 922. The number of carbonyl (C=O) groups excluding carboxylic acids is 1. The van der Waals surface area contributed by atoms with Crippen LogP contribution in [0.4, 0.5) is 5.95 Å². The standard InChI is InChI=1S/C17H21N7OS/c1-17(2,3)21-14(25)10-26-16-20-15(23-24-16)22-19-9-11-8-18-13-7-5-4-6-12(11)13/h4-9,18H,10H2,1-3H3,(H,21,25)(H2,20,22,23,24)/b19-9+. The summed E-state index contributed by atoms with van der Waals surface area (Å²) in [6.45, 7) is 5.82. The fraction of sp³-hybridized carbons (Fsp3) is 0.294. The molecule has 2 heterocycles. The van der Waals surface area contributed by atoms with E-state index in [2.05, 4.69) is 36.0 Å². The summed E-state index contributed by atoms with van der Waals surface area (Å²) in [5.74, 6) is 0.617. The molecule has 4 N–H and O–H groups in total. The van der Waals surface area contributed by atoms with Crippen LogP contribution in [0.25, 0.3) is 10.9 Å². The molecular weight excluding hydrogens is 350 g/mol. The monoisotopic (exact) mass is 371 g/mol. The van der Waals surface area contributed by atoms with Crippen molar-refractivity contribution in [1.29, 1.82) is 0 Å². The van der Waals surface area contributed by atoms with Crippen LogP contribution >= 0.6 is 11.8 Å². The number of hydrazone groups is 1. The maximum Gasteiger partial charge on any atom is 0.240 e. The van der Waals surface area contributed by atoms with Crippen molar-refractivity contribution in [3.8, 4) is 0 Å². The number of aromatic amines is 2. The molecule has 0 atom stereocenters. The van der Waals surface area contributed by atoms with Crippen LogP contribution in [0.1, 0.15) is 26.3 Å². The highest BCUT2D eigenvalue weighted by atomic mass is 32.2. The SMILES string of the molecule is CC(C)(C)NC(=O)CSc1n[nH]c(N/N=C/c2c[nH]c3ccccc23)n1. The fourth-order valence-electron chi connectivity index (χ4n) is 2.31. The van der Waals surface area contributed by atoms with E-state index in [1.165, 1.54) is 11.8 Å². The second-order valence-corrected chi connectivity index (χ2v) is 7.66. The molecule has 0 aliphatic rings. The van der Waals surface area contributed by atoms with Crippen molar-refractivity contribution in [3.63, 3.8) is 0 Å². The van der Waals surface area contributed by atoms with Crippen LogP contribution in [0.5, 0.6) is 0 Å². The molecule has 8 nitrogen and oxygen atoms in total. The minimum absolute atomic E-state index is 0.0563. The van der Waals surface area contributed by atoms with Crippen molar-refractivity contribution >= 4 is 40.7 Å². The summed E-state index contributed by atoms with van der Waals surface area (Å²) in [4.78, 5) is 19.2. The molecule has 0 unspecified atom stereocenters. The lowest BCUT2D eigenvalue weighted by Gasteiger charge is -2.19. The quantitative estimate of drug-likeness (QED) is 0.302. The molecule has 0 fully saturated rings. The van der Waals surface area contributed by atoms with Crippen molar-refractivity contribution in [1.82, 2.24) is 25.5 Å². The van der Waals surface area contributed by atoms with E-state index in [9.17, 15) is 4.79 Å². The Kier molecular flexibility index (Phi) is 5.27. The molecule has 0 aliphatic heterocycles. The molecule has 0 bridgehead atoms. The van der Waals surface area contributed by atoms with E-state index in [4.69, 9.17) is 0 Å². The van der Waals surface area contributed by atoms with Gasteiger partial charge in [-0.3, -0.25) is 4.79 Å². The van der Waals surface area contributed by atoms with Gasteiger partial charge in [-0.05, 0) is 26.8 Å². The first-order chi connectivity index (χ1) is 12.4. The fourth-order valence-corrected chi connectivity index (χ4v) is 2.91. The Morgan fingerprint density at radius 1 is 1.35 bits per heavy atom. The maximum atomic E-state index is 11.8. The first-order valence-corrected chi connectivity index (χ1v) is 9.11. The highest BCUT2D eigenvalue weighted by Crippen LogP contribution is 2.16. The molecule has 1 aromatic carbocycles. The smallest absolute Gasteiger partial charge is 0.240 e. The number of rotatable bonds is 6. The van der Waals surface area contributed by atoms with E-state index in [1.807, 2.05) is 51.2 Å². The molecule has 0 saturated heterocycles. The van der Waals surface area contributed by atoms with Crippen molar-refractivity contribution in [2.75, 3.05) is 11.2 Å². The first-order valence-electron chi connectivity index (χ1n) is 8.12. The zero-order valence-electron chi connectivity index (χ0n) is 14.8. The normalized spacial score (nSPS) is 12.0. The van der Waals surface area contributed by atoms with Gasteiger partial charge in [-0.2, -0.15) is 10.1 Å². The molecule has 0 radical (unpaired) electrons. The lowest BCUT2D eigenvalue weighted by molar-refractivity contribution is -0.119. The average Bonchev–Trinajstić information content (AvgIpc) is 3.19. The number of amides is 1. The molecule has 9 heteroatoms. The van der Waals surface area contributed by atoms with E-state index < -0.39 is 0 Å². The summed E-state index contributed by atoms with van der Waals surface area (Å²) in [6.07, 6.45) is 3.61. The Balaban J connectivity index is 1.53. The number of hydrogen-bond donors (Lipinski definition) is 4. The van der Waals surface area contributed by atoms with Crippen LogP contribution in [0.15, 0.2) is 40.7 Å². The van der Waals surface area contributed by atoms with Crippen molar-refractivity contribution in [2.45, 2.75) is 31.5 Å². The average molecular weight is 371 g/mol. The number of H-pyrrole nitrogens is 2. The highest BCUT2D eigenvalue weighted by molar-refractivity contribution is 7.99. The van der Waals surface area contributed by atoms with Gasteiger partial charge in [0.25, 0.3) is 0 Å². The molecule has 26 heavy (non-hydrogen) atoms. The van der Waals surface area contributed by atoms with Crippen LogP contribution in [0, 0.1) is 0 Å². The lowest BCUT2D eigenvalue weighted by atomic mass is 10.1. The summed E-state index contributed by atoms with van der Waals surface area (Å²) in [5, 5.41) is 15.4. The Labute approximate surface area is 155 Å². The van der Waals surface area contributed by atoms with Gasteiger partial charge in [-0.25, -0.2) is 10.5 Å².